The number of benzene rings is 1. The van der Waals surface area contributed by atoms with E-state index in [-0.39, 0.29) is 11.1 Å². The second-order valence-electron chi connectivity index (χ2n) is 4.40. The number of nitro groups is 1. The highest BCUT2D eigenvalue weighted by Gasteiger charge is 2.43. The Labute approximate surface area is 127 Å². The quantitative estimate of drug-likeness (QED) is 0.499. The number of dihydropyridines is 1. The average Bonchev–Trinajstić information content (AvgIpc) is 2.46. The number of hydrogen-bond acceptors (Lipinski definition) is 6. The van der Waals surface area contributed by atoms with Crippen molar-refractivity contribution in [3.05, 3.63) is 57.9 Å². The van der Waals surface area contributed by atoms with Crippen LogP contribution >= 0.6 is 0 Å². The lowest BCUT2D eigenvalue weighted by Gasteiger charge is -2.23. The zero-order valence-electron chi connectivity index (χ0n) is 11.2. The van der Waals surface area contributed by atoms with Crippen molar-refractivity contribution in [2.45, 2.75) is 12.1 Å². The molecular weight excluding hydrogens is 319 g/mol. The zero-order valence-corrected chi connectivity index (χ0v) is 11.2. The van der Waals surface area contributed by atoms with Crippen molar-refractivity contribution in [1.29, 1.82) is 5.26 Å². The van der Waals surface area contributed by atoms with E-state index in [2.05, 4.69) is 10.1 Å². The molecule has 1 aliphatic rings. The third-order valence-corrected chi connectivity index (χ3v) is 2.88. The second kappa shape index (κ2) is 5.62. The maximum absolute atomic E-state index is 12.4. The van der Waals surface area contributed by atoms with Crippen molar-refractivity contribution in [3.8, 4) is 11.8 Å². The lowest BCUT2D eigenvalue weighted by molar-refractivity contribution is -0.442. The van der Waals surface area contributed by atoms with Crippen LogP contribution in [-0.4, -0.2) is 22.1 Å². The van der Waals surface area contributed by atoms with Gasteiger partial charge in [-0.1, -0.05) is 18.2 Å². The highest BCUT2D eigenvalue weighted by atomic mass is 19.4. The van der Waals surface area contributed by atoms with Gasteiger partial charge in [0.15, 0.2) is 0 Å². The zero-order chi connectivity index (χ0) is 17.3. The van der Waals surface area contributed by atoms with E-state index in [0.29, 0.717) is 0 Å². The number of alkyl halides is 3. The van der Waals surface area contributed by atoms with Gasteiger partial charge in [-0.25, -0.2) is 0 Å². The first-order chi connectivity index (χ1) is 10.7. The molecule has 2 rings (SSSR count). The Kier molecular flexibility index (Phi) is 3.98. The van der Waals surface area contributed by atoms with Gasteiger partial charge < -0.3 is 15.2 Å². The number of hydrogen-bond donors (Lipinski definition) is 2. The SMILES string of the molecule is N#CC1(O)NC=C(c2ccccc2OC(F)(F)F)C=C1[N+](=O)[O-]. The molecule has 1 aromatic carbocycles. The van der Waals surface area contributed by atoms with Gasteiger partial charge in [0.25, 0.3) is 0 Å². The summed E-state index contributed by atoms with van der Waals surface area (Å²) in [6.07, 6.45) is -3.14. The van der Waals surface area contributed by atoms with Crippen LogP contribution in [0.2, 0.25) is 0 Å². The highest BCUT2D eigenvalue weighted by Crippen LogP contribution is 2.34. The number of rotatable bonds is 3. The molecule has 1 aromatic rings. The molecule has 0 aromatic heterocycles. The molecule has 1 unspecified atom stereocenters. The summed E-state index contributed by atoms with van der Waals surface area (Å²) in [7, 11) is 0. The first kappa shape index (κ1) is 16.3. The summed E-state index contributed by atoms with van der Waals surface area (Å²) >= 11 is 0. The molecule has 0 amide bonds. The van der Waals surface area contributed by atoms with E-state index in [9.17, 15) is 28.4 Å². The Morgan fingerprint density at radius 2 is 2.04 bits per heavy atom. The Bertz CT molecular complexity index is 752. The van der Waals surface area contributed by atoms with Crippen LogP contribution in [-0.2, 0) is 0 Å². The van der Waals surface area contributed by atoms with Crippen LogP contribution < -0.4 is 10.1 Å². The van der Waals surface area contributed by atoms with Gasteiger partial charge in [-0.15, -0.1) is 13.2 Å². The maximum atomic E-state index is 12.4. The van der Waals surface area contributed by atoms with Gasteiger partial charge >= 0.3 is 17.8 Å². The molecule has 1 atom stereocenters. The molecule has 0 spiro atoms. The molecule has 7 nitrogen and oxygen atoms in total. The highest BCUT2D eigenvalue weighted by molar-refractivity contribution is 5.79. The van der Waals surface area contributed by atoms with Crippen LogP contribution in [0.1, 0.15) is 5.56 Å². The molecule has 23 heavy (non-hydrogen) atoms. The molecule has 2 N–H and O–H groups in total. The molecule has 0 radical (unpaired) electrons. The van der Waals surface area contributed by atoms with Gasteiger partial charge in [-0.05, 0) is 6.07 Å². The molecule has 0 saturated heterocycles. The number of allylic oxidation sites excluding steroid dienone is 2. The number of ether oxygens (including phenoxy) is 1. The Morgan fingerprint density at radius 3 is 2.61 bits per heavy atom. The monoisotopic (exact) mass is 327 g/mol. The summed E-state index contributed by atoms with van der Waals surface area (Å²) in [5, 5.41) is 31.7. The summed E-state index contributed by atoms with van der Waals surface area (Å²) in [5.41, 5.74) is -3.65. The second-order valence-corrected chi connectivity index (χ2v) is 4.40. The van der Waals surface area contributed by atoms with Crippen LogP contribution in [0.25, 0.3) is 5.57 Å². The number of nitrogens with zero attached hydrogens (tertiary/aromatic N) is 2. The van der Waals surface area contributed by atoms with Crippen LogP contribution in [0.15, 0.2) is 42.2 Å². The Hall–Kier alpha value is -3.06. The van der Waals surface area contributed by atoms with E-state index in [4.69, 9.17) is 5.26 Å². The lowest BCUT2D eigenvalue weighted by atomic mass is 9.98. The average molecular weight is 327 g/mol. The molecule has 1 aliphatic heterocycles. The summed E-state index contributed by atoms with van der Waals surface area (Å²) in [4.78, 5) is 9.96. The van der Waals surface area contributed by atoms with Crippen molar-refractivity contribution in [2.75, 3.05) is 0 Å². The number of aliphatic hydroxyl groups is 1. The molecule has 10 heteroatoms. The van der Waals surface area contributed by atoms with Gasteiger partial charge in [-0.2, -0.15) is 5.26 Å². The summed E-state index contributed by atoms with van der Waals surface area (Å²) < 4.78 is 41.1. The third kappa shape index (κ3) is 3.41. The minimum atomic E-state index is -4.94. The minimum Gasteiger partial charge on any atom is -0.405 e. The standard InChI is InChI=1S/C13H8F3N3O4/c14-13(15,16)23-10-4-2-1-3-9(10)8-5-11(19(21)22)12(20,7-17)18-6-8/h1-6,18,20H. The lowest BCUT2D eigenvalue weighted by Crippen LogP contribution is -2.46. The third-order valence-electron chi connectivity index (χ3n) is 2.88. The predicted octanol–water partition coefficient (Wildman–Crippen LogP) is 1.90. The van der Waals surface area contributed by atoms with E-state index in [0.717, 1.165) is 18.3 Å². The minimum absolute atomic E-state index is 0.0588. The van der Waals surface area contributed by atoms with Gasteiger partial charge in [0.05, 0.1) is 4.92 Å². The van der Waals surface area contributed by atoms with Gasteiger partial charge in [-0.3, -0.25) is 10.1 Å². The molecule has 120 valence electrons. The molecule has 0 aliphatic carbocycles. The fraction of sp³-hybridized carbons (Fsp3) is 0.154. The summed E-state index contributed by atoms with van der Waals surface area (Å²) in [6, 6.07) is 6.30. The van der Waals surface area contributed by atoms with Crippen LogP contribution in [0.5, 0.6) is 5.75 Å². The largest absolute Gasteiger partial charge is 0.573 e. The molecular formula is C13H8F3N3O4. The number of halogens is 3. The van der Waals surface area contributed by atoms with Gasteiger partial charge in [0, 0.05) is 23.4 Å². The topological polar surface area (TPSA) is 108 Å². The predicted molar refractivity (Wildman–Crippen MR) is 69.9 cm³/mol. The van der Waals surface area contributed by atoms with Crippen molar-refractivity contribution in [3.63, 3.8) is 0 Å². The fourth-order valence-corrected chi connectivity index (χ4v) is 1.90. The van der Waals surface area contributed by atoms with Crippen LogP contribution in [0.4, 0.5) is 13.2 Å². The smallest absolute Gasteiger partial charge is 0.405 e. The van der Waals surface area contributed by atoms with Crippen molar-refractivity contribution >= 4 is 5.57 Å². The fourth-order valence-electron chi connectivity index (χ4n) is 1.90. The van der Waals surface area contributed by atoms with E-state index in [1.165, 1.54) is 24.3 Å². The summed E-state index contributed by atoms with van der Waals surface area (Å²) in [6.45, 7) is 0. The first-order valence-corrected chi connectivity index (χ1v) is 5.99. The molecule has 0 saturated carbocycles. The Balaban J connectivity index is 2.49. The van der Waals surface area contributed by atoms with E-state index >= 15 is 0 Å². The van der Waals surface area contributed by atoms with Gasteiger partial charge in [0.1, 0.15) is 11.8 Å². The van der Waals surface area contributed by atoms with Gasteiger partial charge in [0.2, 0.25) is 0 Å². The molecule has 0 bridgehead atoms. The number of nitriles is 1. The molecule has 1 heterocycles. The maximum Gasteiger partial charge on any atom is 0.573 e. The van der Waals surface area contributed by atoms with E-state index in [1.807, 2.05) is 0 Å². The van der Waals surface area contributed by atoms with Crippen LogP contribution in [0, 0.1) is 21.4 Å². The number of para-hydroxylation sites is 1. The summed E-state index contributed by atoms with van der Waals surface area (Å²) in [5.74, 6) is -0.575. The van der Waals surface area contributed by atoms with E-state index < -0.39 is 28.5 Å². The van der Waals surface area contributed by atoms with Crippen molar-refractivity contribution < 1.29 is 27.9 Å². The van der Waals surface area contributed by atoms with Crippen molar-refractivity contribution in [1.82, 2.24) is 5.32 Å². The first-order valence-electron chi connectivity index (χ1n) is 5.99. The number of nitrogens with one attached hydrogen (secondary N) is 1. The normalized spacial score (nSPS) is 20.7. The Morgan fingerprint density at radius 1 is 1.39 bits per heavy atom. The van der Waals surface area contributed by atoms with Crippen molar-refractivity contribution in [2.24, 2.45) is 0 Å². The van der Waals surface area contributed by atoms with E-state index in [1.54, 1.807) is 0 Å². The van der Waals surface area contributed by atoms with Crippen LogP contribution in [0.3, 0.4) is 0 Å². The molecule has 0 fully saturated rings.